The van der Waals surface area contributed by atoms with Crippen molar-refractivity contribution >= 4 is 33.2 Å². The van der Waals surface area contributed by atoms with Crippen molar-refractivity contribution in [2.75, 3.05) is 23.7 Å². The molecule has 2 aromatic rings. The summed E-state index contributed by atoms with van der Waals surface area (Å²) in [6.07, 6.45) is 14.1. The molecule has 2 aliphatic rings. The Hall–Kier alpha value is -3.49. The lowest BCUT2D eigenvalue weighted by molar-refractivity contribution is -0.438. The molecule has 0 radical (unpaired) electrons. The highest BCUT2D eigenvalue weighted by Crippen LogP contribution is 2.50. The minimum absolute atomic E-state index is 0.190. The third-order valence-corrected chi connectivity index (χ3v) is 9.65. The first kappa shape index (κ1) is 32.4. The van der Waals surface area contributed by atoms with E-state index in [9.17, 15) is 13.2 Å². The zero-order valence-corrected chi connectivity index (χ0v) is 26.6. The molecule has 0 aromatic heterocycles. The second-order valence-electron chi connectivity index (χ2n) is 12.2. The van der Waals surface area contributed by atoms with Gasteiger partial charge in [-0.3, -0.25) is 9.35 Å². The standard InChI is InChI=1S/C35H44N2O5S/c1-5-36-30-20-12-10-18-28(30)35(4,24-14-13-23-33(38)39)32(36)22-8-6-7-21-31-34(2,3)27-17-9-11-19-29(27)37(31)25-15-16-26-43(40,41)42/h6-12,17-22H,5,13-16,23-26H2,1-4H3,(H-,38,39,40,41,42)/p+1. The van der Waals surface area contributed by atoms with Gasteiger partial charge in [0.15, 0.2) is 5.71 Å². The van der Waals surface area contributed by atoms with Crippen molar-refractivity contribution in [1.82, 2.24) is 0 Å². The van der Waals surface area contributed by atoms with E-state index >= 15 is 0 Å². The molecule has 0 aliphatic carbocycles. The molecule has 0 spiro atoms. The molecule has 2 aromatic carbocycles. The first-order chi connectivity index (χ1) is 20.4. The first-order valence-corrected chi connectivity index (χ1v) is 16.8. The van der Waals surface area contributed by atoms with Crippen LogP contribution in [0.1, 0.15) is 77.3 Å². The molecule has 0 saturated heterocycles. The van der Waals surface area contributed by atoms with Crippen LogP contribution < -0.4 is 4.90 Å². The fraction of sp³-hybridized carbons (Fsp3) is 0.429. The van der Waals surface area contributed by atoms with E-state index < -0.39 is 16.1 Å². The second-order valence-corrected chi connectivity index (χ2v) is 13.7. The molecule has 1 atom stereocenters. The molecule has 8 heteroatoms. The van der Waals surface area contributed by atoms with Gasteiger partial charge in [-0.05, 0) is 64.7 Å². The highest BCUT2D eigenvalue weighted by molar-refractivity contribution is 7.85. The van der Waals surface area contributed by atoms with E-state index in [-0.39, 0.29) is 23.0 Å². The molecule has 7 nitrogen and oxygen atoms in total. The molecule has 2 aliphatic heterocycles. The van der Waals surface area contributed by atoms with Crippen LogP contribution in [0.5, 0.6) is 0 Å². The number of carbonyl (C=O) groups is 1. The van der Waals surface area contributed by atoms with Gasteiger partial charge in [0, 0.05) is 53.9 Å². The Balaban J connectivity index is 1.59. The number of rotatable bonds is 14. The highest BCUT2D eigenvalue weighted by Gasteiger charge is 2.44. The minimum atomic E-state index is -3.97. The predicted octanol–water partition coefficient (Wildman–Crippen LogP) is 7.17. The Morgan fingerprint density at radius 3 is 2.33 bits per heavy atom. The van der Waals surface area contributed by atoms with Crippen molar-refractivity contribution in [2.45, 2.75) is 77.0 Å². The largest absolute Gasteiger partial charge is 0.481 e. The molecule has 4 rings (SSSR count). The number of carboxylic acid groups (broad SMARTS) is 1. The molecule has 230 valence electrons. The van der Waals surface area contributed by atoms with Gasteiger partial charge < -0.3 is 10.0 Å². The molecular formula is C35H45N2O5S+. The van der Waals surface area contributed by atoms with Gasteiger partial charge in [-0.25, -0.2) is 0 Å². The van der Waals surface area contributed by atoms with E-state index in [1.165, 1.54) is 22.5 Å². The highest BCUT2D eigenvalue weighted by atomic mass is 32.2. The van der Waals surface area contributed by atoms with Crippen LogP contribution in [0.15, 0.2) is 84.6 Å². The number of allylic oxidation sites excluding steroid dienone is 6. The molecule has 0 bridgehead atoms. The number of unbranched alkanes of at least 4 members (excludes halogenated alkanes) is 2. The van der Waals surface area contributed by atoms with Gasteiger partial charge in [-0.15, -0.1) is 0 Å². The van der Waals surface area contributed by atoms with Gasteiger partial charge in [0.1, 0.15) is 6.54 Å². The quantitative estimate of drug-likeness (QED) is 0.103. The zero-order valence-electron chi connectivity index (χ0n) is 25.8. The van der Waals surface area contributed by atoms with Crippen molar-refractivity contribution in [3.63, 3.8) is 0 Å². The lowest BCUT2D eigenvalue weighted by Crippen LogP contribution is -2.28. The zero-order chi connectivity index (χ0) is 31.3. The monoisotopic (exact) mass is 605 g/mol. The molecule has 1 unspecified atom stereocenters. The number of fused-ring (bicyclic) bond motifs is 2. The van der Waals surface area contributed by atoms with Crippen LogP contribution in [0.2, 0.25) is 0 Å². The SMILES string of the molecule is CCN1/C(=C/C=C/C=C/C2=[N+](CCCCS(=O)(=O)O)c3ccccc3C2(C)C)C(C)(CCCCC(=O)O)c2ccccc21. The average Bonchev–Trinajstić information content (AvgIpc) is 3.32. The summed E-state index contributed by atoms with van der Waals surface area (Å²) in [6, 6.07) is 16.8. The van der Waals surface area contributed by atoms with E-state index in [2.05, 4.69) is 104 Å². The van der Waals surface area contributed by atoms with Crippen molar-refractivity contribution in [3.05, 3.63) is 95.7 Å². The number of carboxylic acids is 1. The van der Waals surface area contributed by atoms with Crippen LogP contribution in [0, 0.1) is 0 Å². The van der Waals surface area contributed by atoms with Crippen molar-refractivity contribution < 1.29 is 27.4 Å². The average molecular weight is 606 g/mol. The normalized spacial score (nSPS) is 20.5. The third kappa shape index (κ3) is 7.19. The van der Waals surface area contributed by atoms with Crippen molar-refractivity contribution in [3.8, 4) is 0 Å². The molecule has 2 N–H and O–H groups in total. The number of hydrogen-bond donors (Lipinski definition) is 2. The van der Waals surface area contributed by atoms with Crippen LogP contribution in [-0.4, -0.2) is 53.2 Å². The summed E-state index contributed by atoms with van der Waals surface area (Å²) >= 11 is 0. The number of nitrogens with zero attached hydrogens (tertiary/aromatic N) is 2. The summed E-state index contributed by atoms with van der Waals surface area (Å²) in [7, 11) is -3.97. The smallest absolute Gasteiger partial charge is 0.303 e. The summed E-state index contributed by atoms with van der Waals surface area (Å²) in [6.45, 7) is 10.3. The van der Waals surface area contributed by atoms with Crippen LogP contribution in [-0.2, 0) is 25.7 Å². The predicted molar refractivity (Wildman–Crippen MR) is 174 cm³/mol. The second kappa shape index (κ2) is 13.4. The molecule has 0 fully saturated rings. The van der Waals surface area contributed by atoms with E-state index in [1.807, 2.05) is 12.1 Å². The summed E-state index contributed by atoms with van der Waals surface area (Å²) in [5, 5.41) is 9.12. The van der Waals surface area contributed by atoms with Gasteiger partial charge in [0.05, 0.1) is 11.2 Å². The molecule has 43 heavy (non-hydrogen) atoms. The summed E-state index contributed by atoms with van der Waals surface area (Å²) in [4.78, 5) is 13.5. The number of anilines is 1. The summed E-state index contributed by atoms with van der Waals surface area (Å²) in [5.41, 5.74) is 6.80. The number of aliphatic carboxylic acids is 1. The van der Waals surface area contributed by atoms with E-state index in [0.717, 1.165) is 30.8 Å². The first-order valence-electron chi connectivity index (χ1n) is 15.2. The van der Waals surface area contributed by atoms with Gasteiger partial charge >= 0.3 is 5.97 Å². The van der Waals surface area contributed by atoms with Crippen LogP contribution in [0.4, 0.5) is 11.4 Å². The fourth-order valence-corrected chi connectivity index (χ4v) is 7.24. The lowest BCUT2D eigenvalue weighted by atomic mass is 9.77. The van der Waals surface area contributed by atoms with Gasteiger partial charge in [-0.2, -0.15) is 13.0 Å². The van der Waals surface area contributed by atoms with Crippen LogP contribution in [0.25, 0.3) is 0 Å². The maximum Gasteiger partial charge on any atom is 0.303 e. The summed E-state index contributed by atoms with van der Waals surface area (Å²) < 4.78 is 33.8. The number of para-hydroxylation sites is 2. The molecular weight excluding hydrogens is 560 g/mol. The maximum absolute atomic E-state index is 11.2. The summed E-state index contributed by atoms with van der Waals surface area (Å²) in [5.74, 6) is -0.980. The van der Waals surface area contributed by atoms with Crippen LogP contribution in [0.3, 0.4) is 0 Å². The number of hydrogen-bond acceptors (Lipinski definition) is 4. The number of likely N-dealkylation sites (N-methyl/N-ethyl adjacent to an activating group) is 1. The Morgan fingerprint density at radius 2 is 1.63 bits per heavy atom. The molecule has 2 heterocycles. The van der Waals surface area contributed by atoms with Gasteiger partial charge in [0.25, 0.3) is 10.1 Å². The van der Waals surface area contributed by atoms with Crippen molar-refractivity contribution in [1.29, 1.82) is 0 Å². The Kier molecular flexibility index (Phi) is 10.1. The van der Waals surface area contributed by atoms with E-state index in [1.54, 1.807) is 0 Å². The Labute approximate surface area is 256 Å². The Bertz CT molecular complexity index is 1570. The minimum Gasteiger partial charge on any atom is -0.481 e. The van der Waals surface area contributed by atoms with Gasteiger partial charge in [0.2, 0.25) is 5.69 Å². The fourth-order valence-electron chi connectivity index (χ4n) is 6.67. The van der Waals surface area contributed by atoms with Gasteiger partial charge in [-0.1, -0.05) is 61.0 Å². The molecule has 0 amide bonds. The topological polar surface area (TPSA) is 97.9 Å². The maximum atomic E-state index is 11.2. The third-order valence-electron chi connectivity index (χ3n) is 8.84. The lowest BCUT2D eigenvalue weighted by Gasteiger charge is -2.30. The van der Waals surface area contributed by atoms with Crippen molar-refractivity contribution in [2.24, 2.45) is 0 Å². The van der Waals surface area contributed by atoms with E-state index in [4.69, 9.17) is 9.66 Å². The van der Waals surface area contributed by atoms with E-state index in [0.29, 0.717) is 25.8 Å². The molecule has 0 saturated carbocycles. The number of benzene rings is 2. The van der Waals surface area contributed by atoms with Crippen LogP contribution >= 0.6 is 0 Å². The Morgan fingerprint density at radius 1 is 0.930 bits per heavy atom.